The highest BCUT2D eigenvalue weighted by molar-refractivity contribution is 5.92. The van der Waals surface area contributed by atoms with Crippen LogP contribution in [0.25, 0.3) is 0 Å². The Kier molecular flexibility index (Phi) is 4.33. The zero-order valence-corrected chi connectivity index (χ0v) is 10.6. The van der Waals surface area contributed by atoms with E-state index in [0.29, 0.717) is 5.92 Å². The fourth-order valence-electron chi connectivity index (χ4n) is 2.29. The molecule has 98 valence electrons. The molecule has 0 spiro atoms. The number of piperidine rings is 1. The number of benzene rings is 1. The molecule has 4 heteroatoms. The number of carbonyl (C=O) groups excluding carboxylic acids is 1. The molecule has 3 N–H and O–H groups in total. The fraction of sp³-hybridized carbons (Fsp3) is 0.500. The van der Waals surface area contributed by atoms with Crippen molar-refractivity contribution in [1.29, 1.82) is 0 Å². The highest BCUT2D eigenvalue weighted by Gasteiger charge is 2.24. The smallest absolute Gasteiger partial charge is 0.228 e. The average molecular weight is 248 g/mol. The van der Waals surface area contributed by atoms with Crippen LogP contribution in [0, 0.1) is 11.8 Å². The summed E-state index contributed by atoms with van der Waals surface area (Å²) in [7, 11) is 0. The van der Waals surface area contributed by atoms with Gasteiger partial charge in [-0.3, -0.25) is 4.79 Å². The van der Waals surface area contributed by atoms with Crippen LogP contribution >= 0.6 is 0 Å². The van der Waals surface area contributed by atoms with Crippen molar-refractivity contribution in [2.75, 3.05) is 18.4 Å². The molecule has 18 heavy (non-hydrogen) atoms. The Balaban J connectivity index is 1.93. The number of aliphatic hydroxyl groups is 1. The van der Waals surface area contributed by atoms with Gasteiger partial charge in [0.25, 0.3) is 0 Å². The normalized spacial score (nSPS) is 23.7. The van der Waals surface area contributed by atoms with E-state index in [1.165, 1.54) is 0 Å². The van der Waals surface area contributed by atoms with E-state index in [1.807, 2.05) is 24.3 Å². The van der Waals surface area contributed by atoms with Crippen molar-refractivity contribution < 1.29 is 9.90 Å². The Morgan fingerprint density at radius 3 is 2.72 bits per heavy atom. The summed E-state index contributed by atoms with van der Waals surface area (Å²) in [6.07, 6.45) is 0.938. The Morgan fingerprint density at radius 2 is 2.11 bits per heavy atom. The van der Waals surface area contributed by atoms with Gasteiger partial charge in [0, 0.05) is 12.2 Å². The lowest BCUT2D eigenvalue weighted by molar-refractivity contribution is -0.120. The Hall–Kier alpha value is -1.39. The monoisotopic (exact) mass is 248 g/mol. The number of rotatable bonds is 3. The van der Waals surface area contributed by atoms with E-state index in [9.17, 15) is 4.79 Å². The summed E-state index contributed by atoms with van der Waals surface area (Å²) in [6, 6.07) is 7.28. The Labute approximate surface area is 107 Å². The van der Waals surface area contributed by atoms with Gasteiger partial charge in [-0.1, -0.05) is 19.1 Å². The van der Waals surface area contributed by atoms with E-state index < -0.39 is 0 Å². The van der Waals surface area contributed by atoms with Gasteiger partial charge in [0.1, 0.15) is 0 Å². The largest absolute Gasteiger partial charge is 0.392 e. The van der Waals surface area contributed by atoms with Crippen molar-refractivity contribution in [3.05, 3.63) is 29.8 Å². The molecule has 4 nitrogen and oxygen atoms in total. The van der Waals surface area contributed by atoms with Crippen molar-refractivity contribution in [1.82, 2.24) is 5.32 Å². The molecule has 1 aromatic carbocycles. The lowest BCUT2D eigenvalue weighted by Crippen LogP contribution is -2.40. The molecule has 1 fully saturated rings. The van der Waals surface area contributed by atoms with Gasteiger partial charge < -0.3 is 15.7 Å². The highest BCUT2D eigenvalue weighted by Crippen LogP contribution is 2.18. The van der Waals surface area contributed by atoms with E-state index in [-0.39, 0.29) is 18.4 Å². The minimum absolute atomic E-state index is 0.0261. The minimum Gasteiger partial charge on any atom is -0.392 e. The maximum atomic E-state index is 12.1. The highest BCUT2D eigenvalue weighted by atomic mass is 16.3. The zero-order chi connectivity index (χ0) is 13.0. The van der Waals surface area contributed by atoms with Gasteiger partial charge in [-0.05, 0) is 36.6 Å². The molecule has 2 rings (SSSR count). The minimum atomic E-state index is 0.0261. The maximum Gasteiger partial charge on any atom is 0.228 e. The van der Waals surface area contributed by atoms with Crippen LogP contribution in [0.3, 0.4) is 0 Å². The second-order valence-corrected chi connectivity index (χ2v) is 5.04. The summed E-state index contributed by atoms with van der Waals surface area (Å²) < 4.78 is 0. The van der Waals surface area contributed by atoms with Crippen molar-refractivity contribution >= 4 is 11.6 Å². The van der Waals surface area contributed by atoms with Crippen molar-refractivity contribution in [2.45, 2.75) is 20.0 Å². The molecule has 0 radical (unpaired) electrons. The zero-order valence-electron chi connectivity index (χ0n) is 10.6. The molecular weight excluding hydrogens is 228 g/mol. The van der Waals surface area contributed by atoms with Gasteiger partial charge in [0.2, 0.25) is 5.91 Å². The van der Waals surface area contributed by atoms with Crippen LogP contribution < -0.4 is 10.6 Å². The number of hydrogen-bond acceptors (Lipinski definition) is 3. The molecule has 0 bridgehead atoms. The number of anilines is 1. The first-order valence-corrected chi connectivity index (χ1v) is 6.40. The fourth-order valence-corrected chi connectivity index (χ4v) is 2.29. The van der Waals surface area contributed by atoms with Crippen LogP contribution in [0.15, 0.2) is 24.3 Å². The predicted octanol–water partition coefficient (Wildman–Crippen LogP) is 1.36. The molecule has 1 saturated heterocycles. The van der Waals surface area contributed by atoms with Gasteiger partial charge in [0.05, 0.1) is 12.5 Å². The first kappa shape index (κ1) is 13.1. The summed E-state index contributed by atoms with van der Waals surface area (Å²) in [5.74, 6) is 0.670. The third-order valence-corrected chi connectivity index (χ3v) is 3.35. The molecule has 1 aliphatic rings. The summed E-state index contributed by atoms with van der Waals surface area (Å²) >= 11 is 0. The molecule has 2 unspecified atom stereocenters. The van der Waals surface area contributed by atoms with E-state index in [4.69, 9.17) is 5.11 Å². The molecule has 1 aromatic rings. The summed E-state index contributed by atoms with van der Waals surface area (Å²) in [6.45, 7) is 3.93. The van der Waals surface area contributed by atoms with Crippen LogP contribution in [-0.2, 0) is 11.4 Å². The molecular formula is C14H20N2O2. The van der Waals surface area contributed by atoms with Gasteiger partial charge in [0.15, 0.2) is 0 Å². The topological polar surface area (TPSA) is 61.4 Å². The predicted molar refractivity (Wildman–Crippen MR) is 71.1 cm³/mol. The number of aliphatic hydroxyl groups excluding tert-OH is 1. The quantitative estimate of drug-likeness (QED) is 0.757. The number of amides is 1. The van der Waals surface area contributed by atoms with Crippen LogP contribution in [0.1, 0.15) is 18.9 Å². The van der Waals surface area contributed by atoms with Gasteiger partial charge in [-0.25, -0.2) is 0 Å². The second kappa shape index (κ2) is 5.98. The maximum absolute atomic E-state index is 12.1. The van der Waals surface area contributed by atoms with Gasteiger partial charge in [-0.15, -0.1) is 0 Å². The van der Waals surface area contributed by atoms with Crippen LogP contribution in [0.5, 0.6) is 0 Å². The molecule has 2 atom stereocenters. The van der Waals surface area contributed by atoms with Crippen molar-refractivity contribution in [3.8, 4) is 0 Å². The first-order chi connectivity index (χ1) is 8.69. The molecule has 0 saturated carbocycles. The third kappa shape index (κ3) is 3.31. The molecule has 1 heterocycles. The van der Waals surface area contributed by atoms with Crippen LogP contribution in [0.2, 0.25) is 0 Å². The summed E-state index contributed by atoms with van der Waals surface area (Å²) in [5.41, 5.74) is 1.64. The molecule has 0 aliphatic carbocycles. The summed E-state index contributed by atoms with van der Waals surface area (Å²) in [5, 5.41) is 15.1. The Bertz CT molecular complexity index is 403. The van der Waals surface area contributed by atoms with Crippen LogP contribution in [-0.4, -0.2) is 24.1 Å². The molecule has 1 aliphatic heterocycles. The van der Waals surface area contributed by atoms with Gasteiger partial charge in [-0.2, -0.15) is 0 Å². The van der Waals surface area contributed by atoms with E-state index >= 15 is 0 Å². The van der Waals surface area contributed by atoms with Crippen molar-refractivity contribution in [2.24, 2.45) is 11.8 Å². The van der Waals surface area contributed by atoms with Gasteiger partial charge >= 0.3 is 0 Å². The summed E-state index contributed by atoms with van der Waals surface area (Å²) in [4.78, 5) is 12.1. The van der Waals surface area contributed by atoms with Crippen molar-refractivity contribution in [3.63, 3.8) is 0 Å². The van der Waals surface area contributed by atoms with E-state index in [2.05, 4.69) is 17.6 Å². The lowest BCUT2D eigenvalue weighted by Gasteiger charge is -2.26. The third-order valence-electron chi connectivity index (χ3n) is 3.35. The molecule has 1 amide bonds. The van der Waals surface area contributed by atoms with E-state index in [0.717, 1.165) is 30.8 Å². The first-order valence-electron chi connectivity index (χ1n) is 6.40. The van der Waals surface area contributed by atoms with E-state index in [1.54, 1.807) is 0 Å². The second-order valence-electron chi connectivity index (χ2n) is 5.04. The standard InChI is InChI=1S/C14H20N2O2/c1-10-6-12(8-15-7-10)14(18)16-13-4-2-11(9-17)3-5-13/h2-5,10,12,15,17H,6-9H2,1H3,(H,16,18). The molecule has 0 aromatic heterocycles. The van der Waals surface area contributed by atoms with Crippen LogP contribution in [0.4, 0.5) is 5.69 Å². The SMILES string of the molecule is CC1CNCC(C(=O)Nc2ccc(CO)cc2)C1. The Morgan fingerprint density at radius 1 is 1.39 bits per heavy atom. The average Bonchev–Trinajstić information content (AvgIpc) is 2.39. The number of nitrogens with one attached hydrogen (secondary N) is 2. The number of carbonyl (C=O) groups is 1. The lowest BCUT2D eigenvalue weighted by atomic mass is 9.91. The number of hydrogen-bond donors (Lipinski definition) is 3.